The summed E-state index contributed by atoms with van der Waals surface area (Å²) in [5, 5.41) is 0. The Balaban J connectivity index is 1.76. The molecule has 0 radical (unpaired) electrons. The summed E-state index contributed by atoms with van der Waals surface area (Å²) in [7, 11) is 0. The summed E-state index contributed by atoms with van der Waals surface area (Å²) in [6.45, 7) is 0. The van der Waals surface area contributed by atoms with Crippen LogP contribution in [0.4, 0.5) is 0 Å². The van der Waals surface area contributed by atoms with Crippen LogP contribution >= 0.6 is 11.8 Å². The van der Waals surface area contributed by atoms with E-state index in [-0.39, 0.29) is 11.6 Å². The predicted octanol–water partition coefficient (Wildman–Crippen LogP) is 7.57. The Morgan fingerprint density at radius 3 is 1.00 bits per heavy atom. The van der Waals surface area contributed by atoms with Gasteiger partial charge in [0.25, 0.3) is 0 Å². The van der Waals surface area contributed by atoms with Gasteiger partial charge in [-0.05, 0) is 11.1 Å². The van der Waals surface area contributed by atoms with Crippen molar-refractivity contribution in [3.8, 4) is 0 Å². The highest BCUT2D eigenvalue weighted by Gasteiger charge is 2.14. The van der Waals surface area contributed by atoms with Crippen LogP contribution in [0.15, 0.2) is 133 Å². The molecule has 0 amide bonds. The second-order valence-corrected chi connectivity index (χ2v) is 8.40. The Labute approximate surface area is 198 Å². The molecule has 0 unspecified atom stereocenters. The van der Waals surface area contributed by atoms with E-state index in [0.29, 0.717) is 11.1 Å². The summed E-state index contributed by atoms with van der Waals surface area (Å²) in [4.78, 5) is 27.6. The van der Waals surface area contributed by atoms with Gasteiger partial charge >= 0.3 is 0 Å². The minimum Gasteiger partial charge on any atom is -0.289 e. The van der Waals surface area contributed by atoms with Crippen molar-refractivity contribution in [2.24, 2.45) is 0 Å². The summed E-state index contributed by atoms with van der Waals surface area (Å²) >= 11 is 1.42. The van der Waals surface area contributed by atoms with Gasteiger partial charge in [0.15, 0.2) is 11.6 Å². The Kier molecular flexibility index (Phi) is 7.47. The van der Waals surface area contributed by atoms with Gasteiger partial charge in [0.1, 0.15) is 0 Å². The van der Waals surface area contributed by atoms with Crippen LogP contribution in [0.1, 0.15) is 31.8 Å². The fourth-order valence-electron chi connectivity index (χ4n) is 3.28. The smallest absolute Gasteiger partial charge is 0.186 e. The third-order valence-electron chi connectivity index (χ3n) is 4.98. The molecule has 0 heterocycles. The molecule has 160 valence electrons. The van der Waals surface area contributed by atoms with Gasteiger partial charge in [-0.3, -0.25) is 9.59 Å². The molecule has 0 atom stereocenters. The molecule has 0 aliphatic rings. The van der Waals surface area contributed by atoms with Crippen molar-refractivity contribution in [1.29, 1.82) is 0 Å². The maximum atomic E-state index is 13.0. The highest BCUT2D eigenvalue weighted by Crippen LogP contribution is 2.39. The molecule has 0 aromatic heterocycles. The lowest BCUT2D eigenvalue weighted by Gasteiger charge is -2.12. The minimum absolute atomic E-state index is 0.0799. The average Bonchev–Trinajstić information content (AvgIpc) is 2.89. The van der Waals surface area contributed by atoms with Gasteiger partial charge in [-0.25, -0.2) is 0 Å². The van der Waals surface area contributed by atoms with E-state index in [9.17, 15) is 9.59 Å². The number of allylic oxidation sites excluding steroid dienone is 2. The Morgan fingerprint density at radius 1 is 0.424 bits per heavy atom. The number of carbonyl (C=O) groups excluding carboxylic acids is 2. The van der Waals surface area contributed by atoms with Gasteiger partial charge in [-0.2, -0.15) is 0 Å². The lowest BCUT2D eigenvalue weighted by Crippen LogP contribution is -1.97. The van der Waals surface area contributed by atoms with Crippen LogP contribution in [0.2, 0.25) is 0 Å². The summed E-state index contributed by atoms with van der Waals surface area (Å²) < 4.78 is 0. The van der Waals surface area contributed by atoms with Crippen LogP contribution < -0.4 is 0 Å². The number of benzene rings is 4. The Hall–Kier alpha value is -3.95. The summed E-state index contributed by atoms with van der Waals surface area (Å²) in [5.74, 6) is -0.160. The zero-order valence-electron chi connectivity index (χ0n) is 17.9. The van der Waals surface area contributed by atoms with Gasteiger partial charge in [-0.1, -0.05) is 133 Å². The highest BCUT2D eigenvalue weighted by atomic mass is 32.2. The normalized spacial score (nSPS) is 11.8. The largest absolute Gasteiger partial charge is 0.289 e. The number of carbonyl (C=O) groups is 2. The summed E-state index contributed by atoms with van der Waals surface area (Å²) in [5.41, 5.74) is 3.08. The van der Waals surface area contributed by atoms with Crippen LogP contribution in [0.25, 0.3) is 9.81 Å². The van der Waals surface area contributed by atoms with Crippen LogP contribution in [-0.2, 0) is 0 Å². The number of hydrogen-bond donors (Lipinski definition) is 0. The molecular weight excluding hydrogens is 424 g/mol. The van der Waals surface area contributed by atoms with Crippen molar-refractivity contribution in [3.63, 3.8) is 0 Å². The predicted molar refractivity (Wildman–Crippen MR) is 138 cm³/mol. The van der Waals surface area contributed by atoms with E-state index >= 15 is 0 Å². The molecule has 0 saturated heterocycles. The van der Waals surface area contributed by atoms with Crippen LogP contribution in [0, 0.1) is 0 Å². The van der Waals surface area contributed by atoms with E-state index in [2.05, 4.69) is 0 Å². The second-order valence-electron chi connectivity index (χ2n) is 7.31. The first-order valence-electron chi connectivity index (χ1n) is 10.6. The van der Waals surface area contributed by atoms with Crippen molar-refractivity contribution in [2.45, 2.75) is 0 Å². The first-order valence-corrected chi connectivity index (χ1v) is 11.4. The molecule has 0 aliphatic heterocycles. The maximum absolute atomic E-state index is 13.0. The van der Waals surface area contributed by atoms with Crippen LogP contribution in [-0.4, -0.2) is 11.6 Å². The molecule has 0 aliphatic carbocycles. The molecule has 3 heteroatoms. The van der Waals surface area contributed by atoms with E-state index in [1.165, 1.54) is 11.8 Å². The lowest BCUT2D eigenvalue weighted by atomic mass is 10.1. The Bertz CT molecular complexity index is 1170. The highest BCUT2D eigenvalue weighted by molar-refractivity contribution is 8.16. The minimum atomic E-state index is -0.0799. The number of thioether (sulfide) groups is 1. The number of rotatable bonds is 8. The van der Waals surface area contributed by atoms with Crippen molar-refractivity contribution in [1.82, 2.24) is 0 Å². The maximum Gasteiger partial charge on any atom is 0.186 e. The van der Waals surface area contributed by atoms with Gasteiger partial charge < -0.3 is 0 Å². The average molecular weight is 447 g/mol. The molecule has 2 nitrogen and oxygen atoms in total. The van der Waals surface area contributed by atoms with Crippen molar-refractivity contribution in [3.05, 3.63) is 156 Å². The molecular formula is C30H22O2S. The summed E-state index contributed by atoms with van der Waals surface area (Å²) in [6, 6.07) is 37.9. The SMILES string of the molecule is O=C(/C=C(/S/C(=C/C(=O)c1ccccc1)c1ccccc1)c1ccccc1)c1ccccc1. The van der Waals surface area contributed by atoms with E-state index in [1.54, 1.807) is 36.4 Å². The monoisotopic (exact) mass is 446 g/mol. The first kappa shape index (κ1) is 22.3. The van der Waals surface area contributed by atoms with Gasteiger partial charge in [0.2, 0.25) is 0 Å². The topological polar surface area (TPSA) is 34.1 Å². The second kappa shape index (κ2) is 11.1. The van der Waals surface area contributed by atoms with E-state index in [4.69, 9.17) is 0 Å². The van der Waals surface area contributed by atoms with E-state index in [1.807, 2.05) is 97.1 Å². The van der Waals surface area contributed by atoms with Crippen LogP contribution in [0.5, 0.6) is 0 Å². The van der Waals surface area contributed by atoms with Gasteiger partial charge in [0.05, 0.1) is 0 Å². The molecule has 4 aromatic carbocycles. The number of hydrogen-bond acceptors (Lipinski definition) is 3. The first-order chi connectivity index (χ1) is 16.2. The van der Waals surface area contributed by atoms with Crippen molar-refractivity contribution in [2.75, 3.05) is 0 Å². The Morgan fingerprint density at radius 2 is 0.697 bits per heavy atom. The molecule has 0 spiro atoms. The molecule has 0 N–H and O–H groups in total. The quantitative estimate of drug-likeness (QED) is 0.207. The standard InChI is InChI=1S/C30H22O2S/c31-27(23-13-5-1-6-14-23)21-29(25-17-9-3-10-18-25)33-30(26-19-11-4-12-20-26)22-28(32)24-15-7-2-8-16-24/h1-22H/b29-21+,30-22+. The fraction of sp³-hybridized carbons (Fsp3) is 0. The third-order valence-corrected chi connectivity index (χ3v) is 6.12. The molecule has 0 fully saturated rings. The van der Waals surface area contributed by atoms with Gasteiger partial charge in [0, 0.05) is 33.1 Å². The van der Waals surface area contributed by atoms with Gasteiger partial charge in [-0.15, -0.1) is 0 Å². The fourth-order valence-corrected chi connectivity index (χ4v) is 4.35. The molecule has 4 rings (SSSR count). The van der Waals surface area contributed by atoms with Crippen molar-refractivity contribution >= 4 is 33.1 Å². The molecule has 0 bridgehead atoms. The van der Waals surface area contributed by atoms with Crippen LogP contribution in [0.3, 0.4) is 0 Å². The molecule has 4 aromatic rings. The molecule has 0 saturated carbocycles. The van der Waals surface area contributed by atoms with Crippen molar-refractivity contribution < 1.29 is 9.59 Å². The van der Waals surface area contributed by atoms with E-state index in [0.717, 1.165) is 20.9 Å². The zero-order chi connectivity index (χ0) is 22.9. The third kappa shape index (κ3) is 6.06. The summed E-state index contributed by atoms with van der Waals surface area (Å²) in [6.07, 6.45) is 3.30. The molecule has 33 heavy (non-hydrogen) atoms. The zero-order valence-corrected chi connectivity index (χ0v) is 18.7. The van der Waals surface area contributed by atoms with E-state index < -0.39 is 0 Å². The number of ketones is 2. The lowest BCUT2D eigenvalue weighted by molar-refractivity contribution is 0.103.